The average Bonchev–Trinajstić information content (AvgIpc) is 3.04. The highest BCUT2D eigenvalue weighted by Gasteiger charge is 2.35. The second kappa shape index (κ2) is 13.5. The van der Waals surface area contributed by atoms with Crippen LogP contribution in [0.4, 0.5) is 33.2 Å². The van der Waals surface area contributed by atoms with E-state index in [4.69, 9.17) is 16.3 Å². The van der Waals surface area contributed by atoms with Crippen LogP contribution in [0.15, 0.2) is 48.9 Å². The van der Waals surface area contributed by atoms with E-state index in [1.807, 2.05) is 18.2 Å². The van der Waals surface area contributed by atoms with Gasteiger partial charge in [-0.3, -0.25) is 14.9 Å². The quantitative estimate of drug-likeness (QED) is 0.264. The molecule has 2 aliphatic rings. The van der Waals surface area contributed by atoms with E-state index < -0.39 is 16.0 Å². The molecular formula is C31H37ClFN9O3S. The second-order valence-corrected chi connectivity index (χ2v) is 14.3. The average molecular weight is 670 g/mol. The van der Waals surface area contributed by atoms with Gasteiger partial charge in [0.25, 0.3) is 0 Å². The lowest BCUT2D eigenvalue weighted by molar-refractivity contribution is 0.0532. The molecule has 2 fully saturated rings. The Kier molecular flexibility index (Phi) is 9.41. The fraction of sp³-hybridized carbons (Fsp3) is 0.419. The smallest absolute Gasteiger partial charge is 0.229 e. The number of alkyl halides is 1. The van der Waals surface area contributed by atoms with Crippen molar-refractivity contribution in [1.82, 2.24) is 29.7 Å². The van der Waals surface area contributed by atoms with Gasteiger partial charge in [0, 0.05) is 80.4 Å². The van der Waals surface area contributed by atoms with Gasteiger partial charge in [0.15, 0.2) is 15.7 Å². The SMILES string of the molecule is COc1cc(N2CC[C@H](N3CCN(C)CC3)[C@H](F)C2)ccc1Nc1ncc(Cl)c(Nc2ccc3nccnc3c2CS(C)(=O)=O)n1. The Balaban J connectivity index is 1.19. The molecule has 4 aromatic rings. The normalized spacial score (nSPS) is 19.7. The van der Waals surface area contributed by atoms with Crippen molar-refractivity contribution in [3.05, 3.63) is 59.5 Å². The molecule has 2 aromatic heterocycles. The Morgan fingerprint density at radius 1 is 1.02 bits per heavy atom. The van der Waals surface area contributed by atoms with Crippen LogP contribution in [0.3, 0.4) is 0 Å². The van der Waals surface area contributed by atoms with Gasteiger partial charge in [0.05, 0.1) is 42.3 Å². The molecule has 0 radical (unpaired) electrons. The van der Waals surface area contributed by atoms with E-state index in [2.05, 4.69) is 52.3 Å². The van der Waals surface area contributed by atoms with Gasteiger partial charge in [-0.15, -0.1) is 0 Å². The van der Waals surface area contributed by atoms with E-state index in [0.29, 0.717) is 40.3 Å². The maximum Gasteiger partial charge on any atom is 0.229 e. The van der Waals surface area contributed by atoms with Gasteiger partial charge in [-0.05, 0) is 37.7 Å². The third kappa shape index (κ3) is 7.25. The molecule has 0 aliphatic carbocycles. The number of anilines is 5. The predicted octanol–water partition coefficient (Wildman–Crippen LogP) is 4.28. The predicted molar refractivity (Wildman–Crippen MR) is 179 cm³/mol. The van der Waals surface area contributed by atoms with Crippen molar-refractivity contribution in [3.63, 3.8) is 0 Å². The van der Waals surface area contributed by atoms with E-state index in [0.717, 1.165) is 51.1 Å². The van der Waals surface area contributed by atoms with Crippen molar-refractivity contribution in [2.75, 3.05) is 75.2 Å². The molecule has 2 aliphatic heterocycles. The molecule has 2 saturated heterocycles. The standard InChI is InChI=1S/C31H37ClFN9O3S/c1-40-12-14-41(15-13-40)27-8-11-42(18-23(27)33)20-4-5-25(28(16-20)45-2)38-31-36-17-22(32)30(39-31)37-24-6-7-26-29(35-10-9-34-26)21(24)19-46(3,43)44/h4-7,9-10,16-17,23,27H,8,11-15,18-19H2,1-3H3,(H2,36,37,38,39)/t23-,27+/m1/s1. The van der Waals surface area contributed by atoms with Crippen molar-refractivity contribution in [2.24, 2.45) is 0 Å². The molecule has 6 rings (SSSR count). The summed E-state index contributed by atoms with van der Waals surface area (Å²) in [4.78, 5) is 24.2. The third-order valence-corrected chi connectivity index (χ3v) is 9.55. The number of methoxy groups -OCH3 is 1. The van der Waals surface area contributed by atoms with Gasteiger partial charge in [0.2, 0.25) is 5.95 Å². The first-order chi connectivity index (χ1) is 22.1. The van der Waals surface area contributed by atoms with Gasteiger partial charge in [0.1, 0.15) is 16.9 Å². The van der Waals surface area contributed by atoms with Gasteiger partial charge in [-0.1, -0.05) is 11.6 Å². The minimum atomic E-state index is -3.40. The molecule has 12 nitrogen and oxygen atoms in total. The van der Waals surface area contributed by atoms with Crippen LogP contribution in [0.1, 0.15) is 12.0 Å². The number of benzene rings is 2. The fourth-order valence-corrected chi connectivity index (χ4v) is 7.01. The molecule has 2 N–H and O–H groups in total. The minimum absolute atomic E-state index is 0.0531. The minimum Gasteiger partial charge on any atom is -0.494 e. The highest BCUT2D eigenvalue weighted by atomic mass is 35.5. The summed E-state index contributed by atoms with van der Waals surface area (Å²) in [6, 6.07) is 9.08. The molecule has 2 aromatic carbocycles. The first-order valence-electron chi connectivity index (χ1n) is 15.0. The number of fused-ring (bicyclic) bond motifs is 1. The first kappa shape index (κ1) is 32.1. The largest absolute Gasteiger partial charge is 0.494 e. The lowest BCUT2D eigenvalue weighted by Crippen LogP contribution is -2.57. The van der Waals surface area contributed by atoms with Crippen molar-refractivity contribution in [1.29, 1.82) is 0 Å². The summed E-state index contributed by atoms with van der Waals surface area (Å²) in [6.07, 6.45) is 5.50. The van der Waals surface area contributed by atoms with Crippen molar-refractivity contribution >= 4 is 61.3 Å². The van der Waals surface area contributed by atoms with Crippen molar-refractivity contribution in [2.45, 2.75) is 24.4 Å². The Morgan fingerprint density at radius 3 is 2.52 bits per heavy atom. The molecular weight excluding hydrogens is 633 g/mol. The number of hydrogen-bond acceptors (Lipinski definition) is 12. The number of aromatic nitrogens is 4. The number of sulfone groups is 1. The van der Waals surface area contributed by atoms with Gasteiger partial charge < -0.3 is 25.2 Å². The molecule has 2 atom stereocenters. The molecule has 244 valence electrons. The van der Waals surface area contributed by atoms with Crippen LogP contribution in [-0.2, 0) is 15.6 Å². The second-order valence-electron chi connectivity index (χ2n) is 11.8. The molecule has 4 heterocycles. The van der Waals surface area contributed by atoms with Crippen LogP contribution >= 0.6 is 11.6 Å². The highest BCUT2D eigenvalue weighted by molar-refractivity contribution is 7.89. The van der Waals surface area contributed by atoms with Crippen LogP contribution in [0.5, 0.6) is 5.75 Å². The monoisotopic (exact) mass is 669 g/mol. The molecule has 0 amide bonds. The topological polar surface area (TPSA) is 129 Å². The van der Waals surface area contributed by atoms with Crippen LogP contribution in [-0.4, -0.2) is 110 Å². The summed E-state index contributed by atoms with van der Waals surface area (Å²) in [5.41, 5.74) is 3.46. The summed E-state index contributed by atoms with van der Waals surface area (Å²) in [5.74, 6) is 0.801. The summed E-state index contributed by atoms with van der Waals surface area (Å²) in [5, 5.41) is 6.58. The number of nitrogens with zero attached hydrogens (tertiary/aromatic N) is 7. The summed E-state index contributed by atoms with van der Waals surface area (Å²) in [6.45, 7) is 4.82. The van der Waals surface area contributed by atoms with Gasteiger partial charge in [-0.2, -0.15) is 4.98 Å². The summed E-state index contributed by atoms with van der Waals surface area (Å²) < 4.78 is 45.7. The number of piperidine rings is 1. The van der Waals surface area contributed by atoms with E-state index >= 15 is 4.39 Å². The number of likely N-dealkylation sites (N-methyl/N-ethyl adjacent to an activating group) is 1. The zero-order chi connectivity index (χ0) is 32.4. The molecule has 46 heavy (non-hydrogen) atoms. The van der Waals surface area contributed by atoms with Crippen LogP contribution in [0.2, 0.25) is 5.02 Å². The molecule has 0 spiro atoms. The van der Waals surface area contributed by atoms with Crippen molar-refractivity contribution < 1.29 is 17.5 Å². The number of piperazine rings is 1. The number of ether oxygens (including phenoxy) is 1. The lowest BCUT2D eigenvalue weighted by Gasteiger charge is -2.44. The third-order valence-electron chi connectivity index (χ3n) is 8.46. The zero-order valence-corrected chi connectivity index (χ0v) is 27.5. The maximum absolute atomic E-state index is 15.4. The fourth-order valence-electron chi connectivity index (χ4n) is 6.05. The Hall–Kier alpha value is -3.85. The Bertz CT molecular complexity index is 1820. The van der Waals surface area contributed by atoms with E-state index in [1.54, 1.807) is 25.4 Å². The zero-order valence-electron chi connectivity index (χ0n) is 25.9. The van der Waals surface area contributed by atoms with Gasteiger partial charge in [-0.25, -0.2) is 17.8 Å². The van der Waals surface area contributed by atoms with E-state index in [-0.39, 0.29) is 28.6 Å². The molecule has 0 unspecified atom stereocenters. The Morgan fingerprint density at radius 2 is 1.78 bits per heavy atom. The maximum atomic E-state index is 15.4. The summed E-state index contributed by atoms with van der Waals surface area (Å²) >= 11 is 6.47. The summed E-state index contributed by atoms with van der Waals surface area (Å²) in [7, 11) is 0.276. The first-order valence-corrected chi connectivity index (χ1v) is 17.5. The lowest BCUT2D eigenvalue weighted by atomic mass is 9.99. The van der Waals surface area contributed by atoms with Crippen LogP contribution in [0, 0.1) is 0 Å². The number of hydrogen-bond donors (Lipinski definition) is 2. The van der Waals surface area contributed by atoms with E-state index in [1.165, 1.54) is 12.4 Å². The molecule has 0 saturated carbocycles. The van der Waals surface area contributed by atoms with Crippen molar-refractivity contribution in [3.8, 4) is 5.75 Å². The van der Waals surface area contributed by atoms with Crippen LogP contribution < -0.4 is 20.3 Å². The Labute approximate surface area is 272 Å². The van der Waals surface area contributed by atoms with Gasteiger partial charge >= 0.3 is 0 Å². The van der Waals surface area contributed by atoms with E-state index in [9.17, 15) is 8.42 Å². The number of halogens is 2. The molecule has 0 bridgehead atoms. The van der Waals surface area contributed by atoms with Crippen LogP contribution in [0.25, 0.3) is 11.0 Å². The molecule has 15 heteroatoms. The highest BCUT2D eigenvalue weighted by Crippen LogP contribution is 2.35. The number of nitrogens with one attached hydrogen (secondary N) is 2. The number of rotatable bonds is 9.